The van der Waals surface area contributed by atoms with E-state index >= 15 is 0 Å². The van der Waals surface area contributed by atoms with Crippen molar-refractivity contribution in [2.24, 2.45) is 18.9 Å². The Bertz CT molecular complexity index is 1250. The molecule has 3 aromatic heterocycles. The highest BCUT2D eigenvalue weighted by atomic mass is 19.3. The molecule has 0 aliphatic heterocycles. The van der Waals surface area contributed by atoms with Gasteiger partial charge in [0.15, 0.2) is 11.5 Å². The molecule has 0 spiro atoms. The maximum Gasteiger partial charge on any atom is 0.413 e. The van der Waals surface area contributed by atoms with Crippen LogP contribution in [0.1, 0.15) is 25.0 Å². The fourth-order valence-electron chi connectivity index (χ4n) is 3.38. The molecule has 0 saturated heterocycles. The second-order valence-electron chi connectivity index (χ2n) is 7.88. The standard InChI is InChI=1S/C21H19F4N7O3/c1-9(12-5-10(22)7-27-18(12)25)35-21(34)29-19-16(30-31-32(19)2)15-4-3-11(8-26-15)28-20(33)14-6-13(14)17(23)24/h3-5,7-9,13-14,17H,6H2,1-2H3,(H,28,33)(H,29,34)/t9-,13?,14?/m1/s1. The molecule has 14 heteroatoms. The molecule has 35 heavy (non-hydrogen) atoms. The van der Waals surface area contributed by atoms with Crippen molar-refractivity contribution in [2.75, 3.05) is 10.6 Å². The summed E-state index contributed by atoms with van der Waals surface area (Å²) in [5.41, 5.74) is 0.496. The second kappa shape index (κ2) is 9.64. The number of ether oxygens (including phenoxy) is 1. The molecule has 1 saturated carbocycles. The number of amides is 2. The van der Waals surface area contributed by atoms with Crippen molar-refractivity contribution in [3.8, 4) is 11.4 Å². The number of aromatic nitrogens is 5. The van der Waals surface area contributed by atoms with Crippen molar-refractivity contribution < 1.29 is 31.9 Å². The van der Waals surface area contributed by atoms with Crippen LogP contribution in [-0.4, -0.2) is 43.4 Å². The molecule has 2 N–H and O–H groups in total. The molecule has 1 aliphatic rings. The van der Waals surface area contributed by atoms with E-state index in [0.29, 0.717) is 11.9 Å². The fourth-order valence-corrected chi connectivity index (χ4v) is 3.38. The van der Waals surface area contributed by atoms with Crippen molar-refractivity contribution in [3.05, 3.63) is 47.9 Å². The third-order valence-corrected chi connectivity index (χ3v) is 5.38. The molecule has 184 valence electrons. The monoisotopic (exact) mass is 493 g/mol. The molecule has 3 atom stereocenters. The Balaban J connectivity index is 1.42. The van der Waals surface area contributed by atoms with Crippen molar-refractivity contribution >= 4 is 23.5 Å². The molecular weight excluding hydrogens is 474 g/mol. The van der Waals surface area contributed by atoms with Gasteiger partial charge in [0, 0.05) is 18.9 Å². The van der Waals surface area contributed by atoms with Crippen molar-refractivity contribution in [3.63, 3.8) is 0 Å². The number of nitrogens with zero attached hydrogens (tertiary/aromatic N) is 5. The summed E-state index contributed by atoms with van der Waals surface area (Å²) in [6, 6.07) is 3.86. The zero-order chi connectivity index (χ0) is 25.3. The number of aryl methyl sites for hydroxylation is 1. The summed E-state index contributed by atoms with van der Waals surface area (Å²) in [5, 5.41) is 12.8. The zero-order valence-corrected chi connectivity index (χ0v) is 18.4. The van der Waals surface area contributed by atoms with E-state index in [1.54, 1.807) is 0 Å². The van der Waals surface area contributed by atoms with Gasteiger partial charge < -0.3 is 10.1 Å². The zero-order valence-electron chi connectivity index (χ0n) is 18.4. The lowest BCUT2D eigenvalue weighted by atomic mass is 10.2. The van der Waals surface area contributed by atoms with E-state index in [2.05, 4.69) is 30.9 Å². The van der Waals surface area contributed by atoms with E-state index in [-0.39, 0.29) is 29.2 Å². The van der Waals surface area contributed by atoms with Crippen LogP contribution in [0.15, 0.2) is 30.6 Å². The van der Waals surface area contributed by atoms with Crippen LogP contribution in [0, 0.1) is 23.6 Å². The Morgan fingerprint density at radius 3 is 2.60 bits per heavy atom. The minimum Gasteiger partial charge on any atom is -0.441 e. The Morgan fingerprint density at radius 1 is 1.17 bits per heavy atom. The third-order valence-electron chi connectivity index (χ3n) is 5.38. The molecule has 0 aromatic carbocycles. The van der Waals surface area contributed by atoms with Gasteiger partial charge in [-0.2, -0.15) is 4.39 Å². The lowest BCUT2D eigenvalue weighted by Gasteiger charge is -2.15. The van der Waals surface area contributed by atoms with Crippen LogP contribution in [0.5, 0.6) is 0 Å². The average Bonchev–Trinajstić information content (AvgIpc) is 3.55. The fraction of sp³-hybridized carbons (Fsp3) is 0.333. The third kappa shape index (κ3) is 5.36. The van der Waals surface area contributed by atoms with Crippen LogP contribution in [0.3, 0.4) is 0 Å². The number of rotatable bonds is 7. The van der Waals surface area contributed by atoms with Gasteiger partial charge in [-0.05, 0) is 31.5 Å². The molecule has 3 aromatic rings. The van der Waals surface area contributed by atoms with Crippen LogP contribution in [0.25, 0.3) is 11.4 Å². The number of carbonyl (C=O) groups excluding carboxylic acids is 2. The number of halogens is 4. The van der Waals surface area contributed by atoms with Crippen LogP contribution < -0.4 is 10.6 Å². The predicted octanol–water partition coefficient (Wildman–Crippen LogP) is 3.70. The first kappa shape index (κ1) is 24.0. The minimum atomic E-state index is -2.53. The normalized spacial score (nSPS) is 17.7. The first-order valence-corrected chi connectivity index (χ1v) is 10.4. The molecule has 3 heterocycles. The summed E-state index contributed by atoms with van der Waals surface area (Å²) in [7, 11) is 1.50. The SMILES string of the molecule is C[C@@H](OC(=O)Nc1c(-c2ccc(NC(=O)C3CC3C(F)F)cn2)nnn1C)c1cc(F)cnc1F. The van der Waals surface area contributed by atoms with Gasteiger partial charge in [-0.1, -0.05) is 5.21 Å². The van der Waals surface area contributed by atoms with Crippen LogP contribution in [0.2, 0.25) is 0 Å². The smallest absolute Gasteiger partial charge is 0.413 e. The topological polar surface area (TPSA) is 124 Å². The van der Waals surface area contributed by atoms with Gasteiger partial charge in [0.25, 0.3) is 0 Å². The molecule has 1 aliphatic carbocycles. The van der Waals surface area contributed by atoms with E-state index < -0.39 is 48.1 Å². The highest BCUT2D eigenvalue weighted by molar-refractivity contribution is 5.94. The summed E-state index contributed by atoms with van der Waals surface area (Å²) in [4.78, 5) is 31.9. The summed E-state index contributed by atoms with van der Waals surface area (Å²) < 4.78 is 58.9. The van der Waals surface area contributed by atoms with Gasteiger partial charge in [0.05, 0.1) is 29.3 Å². The number of pyridine rings is 2. The molecule has 4 rings (SSSR count). The molecule has 10 nitrogen and oxygen atoms in total. The van der Waals surface area contributed by atoms with Gasteiger partial charge in [-0.25, -0.2) is 27.6 Å². The molecular formula is C21H19F4N7O3. The van der Waals surface area contributed by atoms with E-state index in [1.165, 1.54) is 37.0 Å². The van der Waals surface area contributed by atoms with E-state index in [4.69, 9.17) is 4.74 Å². The second-order valence-corrected chi connectivity index (χ2v) is 7.88. The van der Waals surface area contributed by atoms with E-state index in [0.717, 1.165) is 6.07 Å². The molecule has 1 fully saturated rings. The summed E-state index contributed by atoms with van der Waals surface area (Å²) >= 11 is 0. The van der Waals surface area contributed by atoms with Gasteiger partial charge in [-0.15, -0.1) is 5.10 Å². The van der Waals surface area contributed by atoms with Gasteiger partial charge in [0.2, 0.25) is 18.3 Å². The highest BCUT2D eigenvalue weighted by Gasteiger charge is 2.48. The van der Waals surface area contributed by atoms with Gasteiger partial charge in [0.1, 0.15) is 11.9 Å². The number of nitrogens with one attached hydrogen (secondary N) is 2. The van der Waals surface area contributed by atoms with Crippen LogP contribution in [0.4, 0.5) is 33.9 Å². The van der Waals surface area contributed by atoms with Crippen LogP contribution >= 0.6 is 0 Å². The number of anilines is 2. The van der Waals surface area contributed by atoms with Gasteiger partial charge >= 0.3 is 6.09 Å². The minimum absolute atomic E-state index is 0.0991. The quantitative estimate of drug-likeness (QED) is 0.380. The lowest BCUT2D eigenvalue weighted by Crippen LogP contribution is -2.19. The Morgan fingerprint density at radius 2 is 1.94 bits per heavy atom. The summed E-state index contributed by atoms with van der Waals surface area (Å²) in [6.45, 7) is 1.35. The van der Waals surface area contributed by atoms with Crippen molar-refractivity contribution in [2.45, 2.75) is 25.9 Å². The Labute approximate surface area is 195 Å². The van der Waals surface area contributed by atoms with Gasteiger partial charge in [-0.3, -0.25) is 15.1 Å². The van der Waals surface area contributed by atoms with E-state index in [1.807, 2.05) is 0 Å². The van der Waals surface area contributed by atoms with Crippen molar-refractivity contribution in [1.82, 2.24) is 25.0 Å². The first-order valence-electron chi connectivity index (χ1n) is 10.4. The predicted molar refractivity (Wildman–Crippen MR) is 113 cm³/mol. The van der Waals surface area contributed by atoms with E-state index in [9.17, 15) is 27.2 Å². The molecule has 2 amide bonds. The average molecular weight is 493 g/mol. The molecule has 0 radical (unpaired) electrons. The summed E-state index contributed by atoms with van der Waals surface area (Å²) in [6.07, 6.45) is -2.52. The lowest BCUT2D eigenvalue weighted by molar-refractivity contribution is -0.118. The summed E-state index contributed by atoms with van der Waals surface area (Å²) in [5.74, 6) is -3.82. The highest BCUT2D eigenvalue weighted by Crippen LogP contribution is 2.43. The molecule has 0 bridgehead atoms. The number of alkyl halides is 2. The van der Waals surface area contributed by atoms with Crippen molar-refractivity contribution in [1.29, 1.82) is 0 Å². The number of hydrogen-bond acceptors (Lipinski definition) is 7. The number of carbonyl (C=O) groups is 2. The maximum atomic E-state index is 13.8. The van der Waals surface area contributed by atoms with Crippen LogP contribution in [-0.2, 0) is 16.6 Å². The largest absolute Gasteiger partial charge is 0.441 e. The number of hydrogen-bond donors (Lipinski definition) is 2. The maximum absolute atomic E-state index is 13.8. The Hall–Kier alpha value is -4.10. The molecule has 2 unspecified atom stereocenters. The first-order chi connectivity index (χ1) is 16.6. The Kier molecular flexibility index (Phi) is 6.62.